The van der Waals surface area contributed by atoms with Crippen LogP contribution in [0.5, 0.6) is 0 Å². The standard InChI is InChI=1S/C9H6F2N2O3/c1-16-9(15)4-2-6(14)13-7(8(10)11)5(4)3-12/h2,8H,1H3,(H,13,14). The SMILES string of the molecule is COC(=O)c1cc(=O)[nH]c(C(F)F)c1C#N. The van der Waals surface area contributed by atoms with E-state index in [9.17, 15) is 18.4 Å². The molecule has 1 heterocycles. The molecule has 5 nitrogen and oxygen atoms in total. The van der Waals surface area contributed by atoms with Crippen LogP contribution >= 0.6 is 0 Å². The van der Waals surface area contributed by atoms with Crippen LogP contribution in [-0.2, 0) is 4.74 Å². The van der Waals surface area contributed by atoms with Crippen molar-refractivity contribution in [3.63, 3.8) is 0 Å². The monoisotopic (exact) mass is 228 g/mol. The highest BCUT2D eigenvalue weighted by atomic mass is 19.3. The summed E-state index contributed by atoms with van der Waals surface area (Å²) < 4.78 is 29.2. The minimum Gasteiger partial charge on any atom is -0.465 e. The Morgan fingerprint density at radius 2 is 2.25 bits per heavy atom. The number of aromatic amines is 1. The molecule has 1 aromatic heterocycles. The number of ether oxygens (including phenoxy) is 1. The quantitative estimate of drug-likeness (QED) is 0.764. The molecule has 0 saturated heterocycles. The number of rotatable bonds is 2. The molecule has 0 amide bonds. The summed E-state index contributed by atoms with van der Waals surface area (Å²) >= 11 is 0. The minimum absolute atomic E-state index is 0.468. The number of aromatic nitrogens is 1. The average Bonchev–Trinajstić information content (AvgIpc) is 2.26. The topological polar surface area (TPSA) is 83.0 Å². The number of carbonyl (C=O) groups excluding carboxylic acids is 1. The van der Waals surface area contributed by atoms with Gasteiger partial charge in [-0.2, -0.15) is 5.26 Å². The lowest BCUT2D eigenvalue weighted by atomic mass is 10.1. The van der Waals surface area contributed by atoms with Gasteiger partial charge >= 0.3 is 5.97 Å². The summed E-state index contributed by atoms with van der Waals surface area (Å²) in [6.07, 6.45) is -3.05. The largest absolute Gasteiger partial charge is 0.465 e. The van der Waals surface area contributed by atoms with Crippen molar-refractivity contribution in [3.8, 4) is 6.07 Å². The molecule has 1 aromatic rings. The van der Waals surface area contributed by atoms with E-state index in [-0.39, 0.29) is 0 Å². The van der Waals surface area contributed by atoms with Crippen LogP contribution in [0.1, 0.15) is 28.0 Å². The third-order valence-corrected chi connectivity index (χ3v) is 1.81. The molecular weight excluding hydrogens is 222 g/mol. The van der Waals surface area contributed by atoms with Crippen molar-refractivity contribution in [2.45, 2.75) is 6.43 Å². The second kappa shape index (κ2) is 4.53. The number of methoxy groups -OCH3 is 1. The molecular formula is C9H6F2N2O3. The van der Waals surface area contributed by atoms with Crippen LogP contribution in [0.3, 0.4) is 0 Å². The number of nitriles is 1. The van der Waals surface area contributed by atoms with Crippen LogP contribution < -0.4 is 5.56 Å². The van der Waals surface area contributed by atoms with E-state index in [1.807, 2.05) is 4.98 Å². The van der Waals surface area contributed by atoms with Gasteiger partial charge in [-0.3, -0.25) is 4.79 Å². The molecule has 84 valence electrons. The Labute approximate surface area is 88.3 Å². The van der Waals surface area contributed by atoms with Gasteiger partial charge in [-0.25, -0.2) is 13.6 Å². The molecule has 0 radical (unpaired) electrons. The van der Waals surface area contributed by atoms with Crippen LogP contribution in [-0.4, -0.2) is 18.1 Å². The fourth-order valence-electron chi connectivity index (χ4n) is 1.13. The Morgan fingerprint density at radius 3 is 2.69 bits per heavy atom. The van der Waals surface area contributed by atoms with Crippen LogP contribution in [0.2, 0.25) is 0 Å². The fourth-order valence-corrected chi connectivity index (χ4v) is 1.13. The maximum Gasteiger partial charge on any atom is 0.339 e. The van der Waals surface area contributed by atoms with Crippen molar-refractivity contribution in [2.24, 2.45) is 0 Å². The zero-order valence-electron chi connectivity index (χ0n) is 8.08. The molecule has 0 bridgehead atoms. The van der Waals surface area contributed by atoms with Crippen molar-refractivity contribution >= 4 is 5.97 Å². The molecule has 1 N–H and O–H groups in total. The Morgan fingerprint density at radius 1 is 1.62 bits per heavy atom. The molecule has 16 heavy (non-hydrogen) atoms. The van der Waals surface area contributed by atoms with E-state index in [1.165, 1.54) is 6.07 Å². The zero-order chi connectivity index (χ0) is 12.3. The minimum atomic E-state index is -3.05. The average molecular weight is 228 g/mol. The predicted molar refractivity (Wildman–Crippen MR) is 48.1 cm³/mol. The maximum atomic E-state index is 12.5. The molecule has 0 aromatic carbocycles. The van der Waals surface area contributed by atoms with E-state index in [0.29, 0.717) is 0 Å². The predicted octanol–water partition coefficient (Wildman–Crippen LogP) is 0.971. The summed E-state index contributed by atoms with van der Waals surface area (Å²) in [5.41, 5.74) is -2.82. The van der Waals surface area contributed by atoms with Gasteiger partial charge in [0.25, 0.3) is 6.43 Å². The summed E-state index contributed by atoms with van der Waals surface area (Å²) in [6.45, 7) is 0. The molecule has 0 fully saturated rings. The second-order valence-corrected chi connectivity index (χ2v) is 2.74. The van der Waals surface area contributed by atoms with Crippen molar-refractivity contribution in [2.75, 3.05) is 7.11 Å². The molecule has 7 heteroatoms. The number of hydrogen-bond donors (Lipinski definition) is 1. The summed E-state index contributed by atoms with van der Waals surface area (Å²) in [5, 5.41) is 8.67. The van der Waals surface area contributed by atoms with Gasteiger partial charge in [-0.1, -0.05) is 0 Å². The van der Waals surface area contributed by atoms with Crippen LogP contribution in [0, 0.1) is 11.3 Å². The first kappa shape index (κ1) is 11.8. The van der Waals surface area contributed by atoms with Gasteiger partial charge in [0.1, 0.15) is 11.8 Å². The van der Waals surface area contributed by atoms with E-state index in [0.717, 1.165) is 13.2 Å². The zero-order valence-corrected chi connectivity index (χ0v) is 8.08. The first-order valence-corrected chi connectivity index (χ1v) is 4.05. The van der Waals surface area contributed by atoms with Crippen LogP contribution in [0.4, 0.5) is 8.78 Å². The van der Waals surface area contributed by atoms with Gasteiger partial charge in [0, 0.05) is 6.07 Å². The van der Waals surface area contributed by atoms with Crippen molar-refractivity contribution < 1.29 is 18.3 Å². The van der Waals surface area contributed by atoms with Gasteiger partial charge in [0.2, 0.25) is 5.56 Å². The molecule has 1 rings (SSSR count). The number of hydrogen-bond acceptors (Lipinski definition) is 4. The van der Waals surface area contributed by atoms with E-state index < -0.39 is 34.8 Å². The smallest absolute Gasteiger partial charge is 0.339 e. The lowest BCUT2D eigenvalue weighted by Crippen LogP contribution is -2.17. The van der Waals surface area contributed by atoms with E-state index in [2.05, 4.69) is 4.74 Å². The summed E-state index contributed by atoms with van der Waals surface area (Å²) in [7, 11) is 1.02. The summed E-state index contributed by atoms with van der Waals surface area (Å²) in [5.74, 6) is -1.01. The molecule has 0 aliphatic rings. The highest BCUT2D eigenvalue weighted by Gasteiger charge is 2.22. The van der Waals surface area contributed by atoms with Crippen LogP contribution in [0.15, 0.2) is 10.9 Å². The van der Waals surface area contributed by atoms with Gasteiger partial charge in [0.05, 0.1) is 18.2 Å². The number of carbonyl (C=O) groups is 1. The molecule has 0 atom stereocenters. The van der Waals surface area contributed by atoms with E-state index in [1.54, 1.807) is 0 Å². The number of esters is 1. The first-order valence-electron chi connectivity index (χ1n) is 4.05. The third kappa shape index (κ3) is 2.06. The van der Waals surface area contributed by atoms with Gasteiger partial charge in [0.15, 0.2) is 0 Å². The van der Waals surface area contributed by atoms with Crippen molar-refractivity contribution in [1.29, 1.82) is 5.26 Å². The Bertz CT molecular complexity index is 516. The highest BCUT2D eigenvalue weighted by molar-refractivity contribution is 5.92. The number of alkyl halides is 2. The Kier molecular flexibility index (Phi) is 3.35. The number of nitrogens with zero attached hydrogens (tertiary/aromatic N) is 1. The van der Waals surface area contributed by atoms with Crippen molar-refractivity contribution in [3.05, 3.63) is 33.2 Å². The normalized spacial score (nSPS) is 9.94. The molecule has 0 aliphatic carbocycles. The molecule has 0 aliphatic heterocycles. The maximum absolute atomic E-state index is 12.5. The summed E-state index contributed by atoms with van der Waals surface area (Å²) in [6, 6.07) is 2.18. The van der Waals surface area contributed by atoms with Gasteiger partial charge in [-0.15, -0.1) is 0 Å². The Balaban J connectivity index is 3.56. The lowest BCUT2D eigenvalue weighted by Gasteiger charge is -2.06. The fraction of sp³-hybridized carbons (Fsp3) is 0.222. The van der Waals surface area contributed by atoms with Crippen molar-refractivity contribution in [1.82, 2.24) is 4.98 Å². The van der Waals surface area contributed by atoms with E-state index in [4.69, 9.17) is 5.26 Å². The third-order valence-electron chi connectivity index (χ3n) is 1.81. The number of H-pyrrole nitrogens is 1. The Hall–Kier alpha value is -2.23. The number of pyridine rings is 1. The molecule has 0 saturated carbocycles. The highest BCUT2D eigenvalue weighted by Crippen LogP contribution is 2.21. The number of halogens is 2. The van der Waals surface area contributed by atoms with Gasteiger partial charge in [-0.05, 0) is 0 Å². The first-order chi connectivity index (χ1) is 7.51. The van der Waals surface area contributed by atoms with E-state index >= 15 is 0 Å². The number of nitrogens with one attached hydrogen (secondary N) is 1. The molecule has 0 unspecified atom stereocenters. The molecule has 0 spiro atoms. The van der Waals surface area contributed by atoms with Crippen LogP contribution in [0.25, 0.3) is 0 Å². The van der Waals surface area contributed by atoms with Gasteiger partial charge < -0.3 is 9.72 Å². The summed E-state index contributed by atoms with van der Waals surface area (Å²) in [4.78, 5) is 24.0. The second-order valence-electron chi connectivity index (χ2n) is 2.74. The lowest BCUT2D eigenvalue weighted by molar-refractivity contribution is 0.0599.